The van der Waals surface area contributed by atoms with Gasteiger partial charge >= 0.3 is 17.8 Å². The van der Waals surface area contributed by atoms with Gasteiger partial charge < -0.3 is 0 Å². The van der Waals surface area contributed by atoms with Crippen molar-refractivity contribution in [2.75, 3.05) is 0 Å². The van der Waals surface area contributed by atoms with Crippen LogP contribution in [0.5, 0.6) is 0 Å². The monoisotopic (exact) mass is 568 g/mol. The largest absolute Gasteiger partial charge is 0.380 e. The van der Waals surface area contributed by atoms with Crippen molar-refractivity contribution < 1.29 is 26.3 Å². The van der Waals surface area contributed by atoms with Crippen molar-refractivity contribution in [2.24, 2.45) is 0 Å². The van der Waals surface area contributed by atoms with Crippen molar-refractivity contribution in [1.29, 1.82) is 0 Å². The molecule has 196 valence electrons. The molecule has 0 bridgehead atoms. The average molecular weight is 569 g/mol. The number of benzene rings is 4. The van der Waals surface area contributed by atoms with E-state index in [1.54, 1.807) is 24.3 Å². The first kappa shape index (κ1) is 24.7. The number of allylic oxidation sites excluding steroid dienone is 2. The minimum absolute atomic E-state index is 0.237. The van der Waals surface area contributed by atoms with Crippen LogP contribution in [0.1, 0.15) is 20.9 Å². The fraction of sp³-hybridized carbons (Fsp3) is 0.161. The van der Waals surface area contributed by atoms with Gasteiger partial charge in [0.05, 0.1) is 11.1 Å². The average Bonchev–Trinajstić information content (AvgIpc) is 3.42. The molecule has 0 amide bonds. The summed E-state index contributed by atoms with van der Waals surface area (Å²) in [7, 11) is 0. The second-order valence-corrected chi connectivity index (χ2v) is 12.1. The summed E-state index contributed by atoms with van der Waals surface area (Å²) in [6.07, 6.45) is 0. The fourth-order valence-electron chi connectivity index (χ4n) is 5.63. The highest BCUT2D eigenvalue weighted by molar-refractivity contribution is 7.21. The molecule has 0 radical (unpaired) electrons. The predicted octanol–water partition coefficient (Wildman–Crippen LogP) is 10.9. The number of rotatable bonds is 2. The smallest absolute Gasteiger partial charge is 0.194 e. The zero-order valence-corrected chi connectivity index (χ0v) is 22.1. The minimum Gasteiger partial charge on any atom is -0.194 e. The van der Waals surface area contributed by atoms with Gasteiger partial charge in [-0.1, -0.05) is 48.5 Å². The third-order valence-corrected chi connectivity index (χ3v) is 10.3. The van der Waals surface area contributed by atoms with E-state index in [0.717, 1.165) is 44.2 Å². The molecule has 8 heteroatoms. The minimum atomic E-state index is -5.59. The normalized spacial score (nSPS) is 18.3. The number of fused-ring (bicyclic) bond motifs is 4. The molecule has 4 aromatic carbocycles. The van der Waals surface area contributed by atoms with Crippen LogP contribution in [0.3, 0.4) is 0 Å². The summed E-state index contributed by atoms with van der Waals surface area (Å²) >= 11 is 1.71. The highest BCUT2D eigenvalue weighted by Crippen LogP contribution is 2.67. The molecule has 0 saturated carbocycles. The molecule has 0 aliphatic heterocycles. The summed E-state index contributed by atoms with van der Waals surface area (Å²) in [6, 6.07) is 21.9. The van der Waals surface area contributed by atoms with Gasteiger partial charge in [-0.25, -0.2) is 0 Å². The lowest BCUT2D eigenvalue weighted by Gasteiger charge is -2.25. The van der Waals surface area contributed by atoms with Gasteiger partial charge in [0.15, 0.2) is 0 Å². The second kappa shape index (κ2) is 7.86. The third kappa shape index (κ3) is 3.13. The van der Waals surface area contributed by atoms with Gasteiger partial charge in [0.2, 0.25) is 0 Å². The Morgan fingerprint density at radius 2 is 0.846 bits per heavy atom. The van der Waals surface area contributed by atoms with Crippen LogP contribution in [-0.4, -0.2) is 17.8 Å². The standard InChI is InChI=1S/C31H18F6S2/c1-15-21-11-17-7-3-5-9-19(17)13-23(21)38-27(15)25-26(30(34,35)31(36,37)29(25,32)33)28-16(2)22-12-18-8-4-6-10-20(18)14-24(22)39-28/h3-14H,1-2H3. The molecule has 39 heavy (non-hydrogen) atoms. The number of hydrogen-bond acceptors (Lipinski definition) is 2. The molecule has 0 nitrogen and oxygen atoms in total. The number of hydrogen-bond donors (Lipinski definition) is 0. The molecular weight excluding hydrogens is 550 g/mol. The van der Waals surface area contributed by atoms with Gasteiger partial charge in [0.1, 0.15) is 0 Å². The summed E-state index contributed by atoms with van der Waals surface area (Å²) in [6.45, 7) is 3.06. The summed E-state index contributed by atoms with van der Waals surface area (Å²) in [5, 5.41) is 4.52. The van der Waals surface area contributed by atoms with Gasteiger partial charge in [-0.15, -0.1) is 22.7 Å². The van der Waals surface area contributed by atoms with Gasteiger partial charge in [-0.3, -0.25) is 0 Å². The van der Waals surface area contributed by atoms with Crippen molar-refractivity contribution >= 4 is 75.5 Å². The van der Waals surface area contributed by atoms with Gasteiger partial charge in [0.25, 0.3) is 0 Å². The van der Waals surface area contributed by atoms with Crippen molar-refractivity contribution in [1.82, 2.24) is 0 Å². The van der Waals surface area contributed by atoms with E-state index in [1.165, 1.54) is 13.8 Å². The van der Waals surface area contributed by atoms with Gasteiger partial charge in [-0.05, 0) is 81.6 Å². The number of thiophene rings is 2. The zero-order valence-electron chi connectivity index (χ0n) is 20.5. The lowest BCUT2D eigenvalue weighted by atomic mass is 9.98. The molecule has 2 aromatic heterocycles. The molecule has 0 saturated heterocycles. The van der Waals surface area contributed by atoms with E-state index in [9.17, 15) is 0 Å². The van der Waals surface area contributed by atoms with E-state index >= 15 is 26.3 Å². The number of halogens is 6. The Morgan fingerprint density at radius 1 is 0.513 bits per heavy atom. The SMILES string of the molecule is Cc1c(C2=C(c3sc4cc5ccccc5cc4c3C)C(F)(F)C(F)(F)C2(F)F)sc2cc3ccccc3cc12. The van der Waals surface area contributed by atoms with Crippen LogP contribution in [-0.2, 0) is 0 Å². The fourth-order valence-corrected chi connectivity index (χ4v) is 8.27. The Hall–Kier alpha value is -3.36. The Kier molecular flexibility index (Phi) is 4.97. The highest BCUT2D eigenvalue weighted by Gasteiger charge is 2.80. The maximum atomic E-state index is 15.6. The van der Waals surface area contributed by atoms with Crippen molar-refractivity contribution in [3.8, 4) is 0 Å². The molecule has 1 aliphatic carbocycles. The Balaban J connectivity index is 1.58. The van der Waals surface area contributed by atoms with Gasteiger partial charge in [-0.2, -0.15) is 26.3 Å². The van der Waals surface area contributed by atoms with Crippen LogP contribution in [0.25, 0.3) is 52.9 Å². The molecule has 6 aromatic rings. The maximum Gasteiger partial charge on any atom is 0.380 e. The lowest BCUT2D eigenvalue weighted by Crippen LogP contribution is -2.48. The predicted molar refractivity (Wildman–Crippen MR) is 150 cm³/mol. The Labute approximate surface area is 226 Å². The van der Waals surface area contributed by atoms with E-state index in [-0.39, 0.29) is 20.9 Å². The molecule has 0 atom stereocenters. The van der Waals surface area contributed by atoms with Crippen molar-refractivity contribution in [2.45, 2.75) is 31.6 Å². The first-order valence-corrected chi connectivity index (χ1v) is 13.8. The summed E-state index contributed by atoms with van der Waals surface area (Å²) in [5.41, 5.74) is -1.99. The van der Waals surface area contributed by atoms with Crippen LogP contribution in [0.15, 0.2) is 72.8 Å². The van der Waals surface area contributed by atoms with E-state index in [0.29, 0.717) is 20.2 Å². The molecule has 0 spiro atoms. The van der Waals surface area contributed by atoms with Crippen LogP contribution in [0.4, 0.5) is 26.3 Å². The van der Waals surface area contributed by atoms with Crippen molar-refractivity contribution in [3.05, 3.63) is 93.7 Å². The Bertz CT molecular complexity index is 1880. The molecule has 0 fully saturated rings. The molecule has 0 unspecified atom stereocenters. The number of aryl methyl sites for hydroxylation is 2. The van der Waals surface area contributed by atoms with Crippen LogP contribution in [0, 0.1) is 13.8 Å². The molecule has 1 aliphatic rings. The first-order valence-electron chi connectivity index (χ1n) is 12.2. The quantitative estimate of drug-likeness (QED) is 0.182. The third-order valence-electron chi connectivity index (χ3n) is 7.73. The summed E-state index contributed by atoms with van der Waals surface area (Å²) in [4.78, 5) is -0.474. The van der Waals surface area contributed by atoms with E-state index in [4.69, 9.17) is 0 Å². The first-order chi connectivity index (χ1) is 18.4. The van der Waals surface area contributed by atoms with Crippen molar-refractivity contribution in [3.63, 3.8) is 0 Å². The van der Waals surface area contributed by atoms with E-state index in [1.807, 2.05) is 48.5 Å². The lowest BCUT2D eigenvalue weighted by molar-refractivity contribution is -0.254. The topological polar surface area (TPSA) is 0 Å². The van der Waals surface area contributed by atoms with E-state index in [2.05, 4.69) is 0 Å². The molecule has 0 N–H and O–H groups in total. The summed E-state index contributed by atoms with van der Waals surface area (Å²) < 4.78 is 93.8. The molecule has 7 rings (SSSR count). The zero-order chi connectivity index (χ0) is 27.5. The highest BCUT2D eigenvalue weighted by atomic mass is 32.1. The maximum absolute atomic E-state index is 15.6. The Morgan fingerprint density at radius 3 is 1.21 bits per heavy atom. The second-order valence-electron chi connectivity index (χ2n) is 9.98. The van der Waals surface area contributed by atoms with Gasteiger partial charge in [0, 0.05) is 19.2 Å². The van der Waals surface area contributed by atoms with Crippen LogP contribution < -0.4 is 0 Å². The van der Waals surface area contributed by atoms with Crippen LogP contribution >= 0.6 is 22.7 Å². The summed E-state index contributed by atoms with van der Waals surface area (Å²) in [5.74, 6) is -15.8. The molecule has 2 heterocycles. The molecular formula is C31H18F6S2. The van der Waals surface area contributed by atoms with E-state index < -0.39 is 28.9 Å². The number of alkyl halides is 6. The van der Waals surface area contributed by atoms with Crippen LogP contribution in [0.2, 0.25) is 0 Å².